The van der Waals surface area contributed by atoms with Gasteiger partial charge in [-0.1, -0.05) is 19.1 Å². The second-order valence-corrected chi connectivity index (χ2v) is 4.37. The standard InChI is InChI=1S/C12H16BrNO2/c1-3-12(15)14-8-9(2)16-11-7-5-4-6-10(11)13/h4-7,9H,3,8H2,1-2H3,(H,14,15). The molecular formula is C12H16BrNO2. The summed E-state index contributed by atoms with van der Waals surface area (Å²) in [5.74, 6) is 0.836. The smallest absolute Gasteiger partial charge is 0.219 e. The Hall–Kier alpha value is -1.03. The zero-order valence-electron chi connectivity index (χ0n) is 9.50. The number of hydrogen-bond donors (Lipinski definition) is 1. The molecule has 0 radical (unpaired) electrons. The van der Waals surface area contributed by atoms with Gasteiger partial charge in [0.25, 0.3) is 0 Å². The summed E-state index contributed by atoms with van der Waals surface area (Å²) in [7, 11) is 0. The number of nitrogens with one attached hydrogen (secondary N) is 1. The van der Waals surface area contributed by atoms with Crippen LogP contribution in [0.25, 0.3) is 0 Å². The van der Waals surface area contributed by atoms with Gasteiger partial charge in [0.05, 0.1) is 11.0 Å². The molecule has 1 rings (SSSR count). The van der Waals surface area contributed by atoms with Crippen LogP contribution in [0.4, 0.5) is 0 Å². The maximum atomic E-state index is 11.1. The summed E-state index contributed by atoms with van der Waals surface area (Å²) in [6, 6.07) is 7.66. The molecule has 0 aliphatic rings. The van der Waals surface area contributed by atoms with Gasteiger partial charge in [-0.05, 0) is 35.0 Å². The second-order valence-electron chi connectivity index (χ2n) is 3.52. The first-order valence-electron chi connectivity index (χ1n) is 5.31. The van der Waals surface area contributed by atoms with Crippen molar-refractivity contribution in [1.29, 1.82) is 0 Å². The van der Waals surface area contributed by atoms with Crippen LogP contribution in [0.1, 0.15) is 20.3 Å². The van der Waals surface area contributed by atoms with Gasteiger partial charge in [0, 0.05) is 6.42 Å². The van der Waals surface area contributed by atoms with Crippen molar-refractivity contribution >= 4 is 21.8 Å². The van der Waals surface area contributed by atoms with Gasteiger partial charge in [-0.3, -0.25) is 4.79 Å². The van der Waals surface area contributed by atoms with Crippen molar-refractivity contribution in [3.63, 3.8) is 0 Å². The monoisotopic (exact) mass is 285 g/mol. The molecule has 0 heterocycles. The minimum Gasteiger partial charge on any atom is -0.488 e. The van der Waals surface area contributed by atoms with Crippen molar-refractivity contribution < 1.29 is 9.53 Å². The Labute approximate surface area is 104 Å². The predicted molar refractivity (Wildman–Crippen MR) is 67.5 cm³/mol. The molecule has 0 aliphatic carbocycles. The molecule has 0 saturated carbocycles. The number of halogens is 1. The first-order chi connectivity index (χ1) is 7.63. The maximum absolute atomic E-state index is 11.1. The third-order valence-corrected chi connectivity index (χ3v) is 2.73. The lowest BCUT2D eigenvalue weighted by molar-refractivity contribution is -0.121. The molecule has 4 heteroatoms. The van der Waals surface area contributed by atoms with Crippen molar-refractivity contribution in [2.45, 2.75) is 26.4 Å². The fourth-order valence-electron chi connectivity index (χ4n) is 1.18. The Morgan fingerprint density at radius 2 is 2.19 bits per heavy atom. The van der Waals surface area contributed by atoms with E-state index in [2.05, 4.69) is 21.2 Å². The SMILES string of the molecule is CCC(=O)NCC(C)Oc1ccccc1Br. The molecule has 0 aliphatic heterocycles. The first kappa shape index (κ1) is 13.0. The van der Waals surface area contributed by atoms with Gasteiger partial charge in [-0.25, -0.2) is 0 Å². The Morgan fingerprint density at radius 1 is 1.50 bits per heavy atom. The molecule has 1 unspecified atom stereocenters. The van der Waals surface area contributed by atoms with Crippen LogP contribution in [0.5, 0.6) is 5.75 Å². The first-order valence-corrected chi connectivity index (χ1v) is 6.10. The fraction of sp³-hybridized carbons (Fsp3) is 0.417. The lowest BCUT2D eigenvalue weighted by Crippen LogP contribution is -2.33. The molecule has 0 saturated heterocycles. The molecule has 0 fully saturated rings. The average molecular weight is 286 g/mol. The highest BCUT2D eigenvalue weighted by Crippen LogP contribution is 2.24. The summed E-state index contributed by atoms with van der Waals surface area (Å²) < 4.78 is 6.60. The van der Waals surface area contributed by atoms with Gasteiger partial charge in [0.15, 0.2) is 0 Å². The quantitative estimate of drug-likeness (QED) is 0.903. The minimum absolute atomic E-state index is 0.0441. The molecule has 1 atom stereocenters. The van der Waals surface area contributed by atoms with Crippen molar-refractivity contribution in [2.75, 3.05) is 6.54 Å². The Kier molecular flexibility index (Phi) is 5.32. The number of amides is 1. The van der Waals surface area contributed by atoms with Gasteiger partial charge >= 0.3 is 0 Å². The average Bonchev–Trinajstić information content (AvgIpc) is 2.29. The predicted octanol–water partition coefficient (Wildman–Crippen LogP) is 2.74. The molecule has 0 spiro atoms. The number of benzene rings is 1. The van der Waals surface area contributed by atoms with Crippen LogP contribution >= 0.6 is 15.9 Å². The van der Waals surface area contributed by atoms with Crippen LogP contribution in [-0.4, -0.2) is 18.6 Å². The van der Waals surface area contributed by atoms with Crippen LogP contribution < -0.4 is 10.1 Å². The van der Waals surface area contributed by atoms with Crippen molar-refractivity contribution in [1.82, 2.24) is 5.32 Å². The number of carbonyl (C=O) groups is 1. The molecule has 1 amide bonds. The molecule has 1 N–H and O–H groups in total. The molecule has 88 valence electrons. The van der Waals surface area contributed by atoms with Gasteiger partial charge < -0.3 is 10.1 Å². The normalized spacial score (nSPS) is 11.9. The Bertz CT molecular complexity index is 355. The molecular weight excluding hydrogens is 270 g/mol. The van der Waals surface area contributed by atoms with E-state index >= 15 is 0 Å². The summed E-state index contributed by atoms with van der Waals surface area (Å²) in [6.07, 6.45) is 0.455. The Morgan fingerprint density at radius 3 is 2.81 bits per heavy atom. The summed E-state index contributed by atoms with van der Waals surface area (Å²) >= 11 is 3.41. The van der Waals surface area contributed by atoms with Crippen LogP contribution in [0.2, 0.25) is 0 Å². The zero-order valence-corrected chi connectivity index (χ0v) is 11.1. The molecule has 16 heavy (non-hydrogen) atoms. The van der Waals surface area contributed by atoms with Crippen LogP contribution in [0.3, 0.4) is 0 Å². The fourth-order valence-corrected chi connectivity index (χ4v) is 1.56. The minimum atomic E-state index is -0.0470. The third-order valence-electron chi connectivity index (χ3n) is 2.07. The van der Waals surface area contributed by atoms with Crippen molar-refractivity contribution in [3.05, 3.63) is 28.7 Å². The van der Waals surface area contributed by atoms with Crippen LogP contribution in [-0.2, 0) is 4.79 Å². The number of carbonyl (C=O) groups excluding carboxylic acids is 1. The summed E-state index contributed by atoms with van der Waals surface area (Å²) in [5, 5.41) is 2.79. The van der Waals surface area contributed by atoms with Crippen LogP contribution in [0, 0.1) is 0 Å². The Balaban J connectivity index is 2.43. The van der Waals surface area contributed by atoms with E-state index in [0.29, 0.717) is 13.0 Å². The van der Waals surface area contributed by atoms with E-state index in [0.717, 1.165) is 10.2 Å². The van der Waals surface area contributed by atoms with Gasteiger partial charge in [-0.15, -0.1) is 0 Å². The van der Waals surface area contributed by atoms with E-state index in [1.807, 2.05) is 38.1 Å². The molecule has 1 aromatic carbocycles. The number of para-hydroxylation sites is 1. The highest BCUT2D eigenvalue weighted by molar-refractivity contribution is 9.10. The van der Waals surface area contributed by atoms with E-state index in [9.17, 15) is 4.79 Å². The van der Waals surface area contributed by atoms with E-state index in [4.69, 9.17) is 4.74 Å². The van der Waals surface area contributed by atoms with E-state index in [1.165, 1.54) is 0 Å². The second kappa shape index (κ2) is 6.53. The molecule has 0 bridgehead atoms. The lowest BCUT2D eigenvalue weighted by Gasteiger charge is -2.16. The molecule has 0 aromatic heterocycles. The van der Waals surface area contributed by atoms with E-state index in [1.54, 1.807) is 0 Å². The zero-order chi connectivity index (χ0) is 12.0. The van der Waals surface area contributed by atoms with E-state index in [-0.39, 0.29) is 12.0 Å². The number of ether oxygens (including phenoxy) is 1. The van der Waals surface area contributed by atoms with Gasteiger partial charge in [0.1, 0.15) is 11.9 Å². The molecule has 1 aromatic rings. The lowest BCUT2D eigenvalue weighted by atomic mass is 10.3. The topological polar surface area (TPSA) is 38.3 Å². The number of rotatable bonds is 5. The third kappa shape index (κ3) is 4.23. The summed E-state index contributed by atoms with van der Waals surface area (Å²) in [5.41, 5.74) is 0. The van der Waals surface area contributed by atoms with Crippen molar-refractivity contribution in [3.8, 4) is 5.75 Å². The maximum Gasteiger partial charge on any atom is 0.219 e. The van der Waals surface area contributed by atoms with E-state index < -0.39 is 0 Å². The van der Waals surface area contributed by atoms with Crippen molar-refractivity contribution in [2.24, 2.45) is 0 Å². The molecule has 3 nitrogen and oxygen atoms in total. The van der Waals surface area contributed by atoms with Gasteiger partial charge in [0.2, 0.25) is 5.91 Å². The van der Waals surface area contributed by atoms with Crippen LogP contribution in [0.15, 0.2) is 28.7 Å². The number of hydrogen-bond acceptors (Lipinski definition) is 2. The largest absolute Gasteiger partial charge is 0.488 e. The summed E-state index contributed by atoms with van der Waals surface area (Å²) in [6.45, 7) is 4.28. The van der Waals surface area contributed by atoms with Gasteiger partial charge in [-0.2, -0.15) is 0 Å². The highest BCUT2D eigenvalue weighted by Gasteiger charge is 2.07. The highest BCUT2D eigenvalue weighted by atomic mass is 79.9. The summed E-state index contributed by atoms with van der Waals surface area (Å²) in [4.78, 5) is 11.1.